The van der Waals surface area contributed by atoms with Crippen molar-refractivity contribution < 1.29 is 9.59 Å². The zero-order chi connectivity index (χ0) is 16.9. The summed E-state index contributed by atoms with van der Waals surface area (Å²) in [5, 5.41) is 6.29. The van der Waals surface area contributed by atoms with Gasteiger partial charge in [-0.3, -0.25) is 14.6 Å². The average molecular weight is 344 g/mol. The summed E-state index contributed by atoms with van der Waals surface area (Å²) in [7, 11) is 0. The minimum Gasteiger partial charge on any atom is -0.355 e. The summed E-state index contributed by atoms with van der Waals surface area (Å²) in [6.45, 7) is 0.333. The fraction of sp³-hybridized carbons (Fsp3) is 0.278. The molecule has 1 aromatic carbocycles. The molecule has 2 atom stereocenters. The second-order valence-electron chi connectivity index (χ2n) is 5.83. The number of hydrogen-bond donors (Lipinski definition) is 2. The number of benzene rings is 1. The lowest BCUT2D eigenvalue weighted by Gasteiger charge is -2.06. The number of halogens is 1. The third kappa shape index (κ3) is 4.32. The van der Waals surface area contributed by atoms with E-state index in [1.54, 1.807) is 24.5 Å². The number of carbonyl (C=O) groups excluding carboxylic acids is 2. The minimum absolute atomic E-state index is 0.00515. The van der Waals surface area contributed by atoms with E-state index in [9.17, 15) is 9.59 Å². The van der Waals surface area contributed by atoms with E-state index >= 15 is 0 Å². The summed E-state index contributed by atoms with van der Waals surface area (Å²) in [5.41, 5.74) is 1.83. The number of hydrogen-bond acceptors (Lipinski definition) is 3. The van der Waals surface area contributed by atoms with Crippen LogP contribution in [0.4, 0.5) is 5.69 Å². The molecule has 0 radical (unpaired) electrons. The Bertz CT molecular complexity index is 719. The van der Waals surface area contributed by atoms with Gasteiger partial charge < -0.3 is 10.6 Å². The maximum absolute atomic E-state index is 12.1. The standard InChI is InChI=1S/C18H18ClN3O2/c19-13-3-1-12(2-4-13)15-11-16(15)18(24)21-10-7-17(23)22-14-5-8-20-9-6-14/h1-6,8-9,15-16H,7,10-11H2,(H,21,24)(H,20,22,23)/t15-,16+/m0/s1. The molecule has 124 valence electrons. The lowest BCUT2D eigenvalue weighted by molar-refractivity contribution is -0.122. The SMILES string of the molecule is O=C(CCNC(=O)[C@@H]1C[C@H]1c1ccc(Cl)cc1)Nc1ccncc1. The molecule has 2 amide bonds. The summed E-state index contributed by atoms with van der Waals surface area (Å²) in [6, 6.07) is 11.0. The Morgan fingerprint density at radius 1 is 1.12 bits per heavy atom. The van der Waals surface area contributed by atoms with Crippen LogP contribution in [0, 0.1) is 5.92 Å². The van der Waals surface area contributed by atoms with Gasteiger partial charge in [0.1, 0.15) is 0 Å². The first-order valence-electron chi connectivity index (χ1n) is 7.86. The van der Waals surface area contributed by atoms with E-state index in [1.807, 2.05) is 24.3 Å². The highest BCUT2D eigenvalue weighted by atomic mass is 35.5. The van der Waals surface area contributed by atoms with Crippen LogP contribution in [0.5, 0.6) is 0 Å². The second kappa shape index (κ2) is 7.45. The predicted octanol–water partition coefficient (Wildman–Crippen LogP) is 2.98. The summed E-state index contributed by atoms with van der Waals surface area (Å²) >= 11 is 5.87. The molecule has 5 nitrogen and oxygen atoms in total. The van der Waals surface area contributed by atoms with Gasteiger partial charge in [0.05, 0.1) is 0 Å². The van der Waals surface area contributed by atoms with Gasteiger partial charge in [-0.15, -0.1) is 0 Å². The van der Waals surface area contributed by atoms with Crippen molar-refractivity contribution in [1.29, 1.82) is 0 Å². The molecular formula is C18H18ClN3O2. The third-order valence-corrected chi connectivity index (χ3v) is 4.29. The van der Waals surface area contributed by atoms with Crippen molar-refractivity contribution in [2.24, 2.45) is 5.92 Å². The van der Waals surface area contributed by atoms with E-state index < -0.39 is 0 Å². The summed E-state index contributed by atoms with van der Waals surface area (Å²) in [6.07, 6.45) is 4.31. The molecule has 1 heterocycles. The van der Waals surface area contributed by atoms with Crippen molar-refractivity contribution in [3.05, 3.63) is 59.4 Å². The van der Waals surface area contributed by atoms with Crippen molar-refractivity contribution in [2.75, 3.05) is 11.9 Å². The van der Waals surface area contributed by atoms with Crippen LogP contribution in [0.3, 0.4) is 0 Å². The molecule has 2 N–H and O–H groups in total. The number of rotatable bonds is 6. The fourth-order valence-electron chi connectivity index (χ4n) is 2.65. The first-order valence-corrected chi connectivity index (χ1v) is 8.24. The lowest BCUT2D eigenvalue weighted by Crippen LogP contribution is -2.29. The van der Waals surface area contributed by atoms with E-state index in [4.69, 9.17) is 11.6 Å². The van der Waals surface area contributed by atoms with Gasteiger partial charge in [0.15, 0.2) is 0 Å². The van der Waals surface area contributed by atoms with E-state index in [-0.39, 0.29) is 30.1 Å². The third-order valence-electron chi connectivity index (χ3n) is 4.04. The lowest BCUT2D eigenvalue weighted by atomic mass is 10.1. The number of carbonyl (C=O) groups is 2. The molecule has 1 aliphatic carbocycles. The Morgan fingerprint density at radius 2 is 1.83 bits per heavy atom. The van der Waals surface area contributed by atoms with Crippen molar-refractivity contribution in [1.82, 2.24) is 10.3 Å². The van der Waals surface area contributed by atoms with Gasteiger partial charge in [-0.1, -0.05) is 23.7 Å². The second-order valence-corrected chi connectivity index (χ2v) is 6.26. The van der Waals surface area contributed by atoms with Crippen molar-refractivity contribution in [3.8, 4) is 0 Å². The Kier molecular flexibility index (Phi) is 5.11. The van der Waals surface area contributed by atoms with Gasteiger partial charge in [-0.25, -0.2) is 0 Å². The van der Waals surface area contributed by atoms with Crippen LogP contribution < -0.4 is 10.6 Å². The maximum Gasteiger partial charge on any atom is 0.226 e. The average Bonchev–Trinajstić information content (AvgIpc) is 3.37. The smallest absolute Gasteiger partial charge is 0.226 e. The quantitative estimate of drug-likeness (QED) is 0.847. The molecule has 1 aromatic heterocycles. The molecule has 6 heteroatoms. The van der Waals surface area contributed by atoms with Crippen molar-refractivity contribution >= 4 is 29.1 Å². The van der Waals surface area contributed by atoms with Crippen molar-refractivity contribution in [2.45, 2.75) is 18.8 Å². The van der Waals surface area contributed by atoms with Gasteiger partial charge in [0, 0.05) is 42.0 Å². The fourth-order valence-corrected chi connectivity index (χ4v) is 2.78. The van der Waals surface area contributed by atoms with E-state index in [0.717, 1.165) is 12.0 Å². The number of aromatic nitrogens is 1. The molecule has 1 fully saturated rings. The molecule has 1 aliphatic rings. The van der Waals surface area contributed by atoms with Crippen LogP contribution >= 0.6 is 11.6 Å². The van der Waals surface area contributed by atoms with Gasteiger partial charge in [-0.05, 0) is 42.2 Å². The van der Waals surface area contributed by atoms with Gasteiger partial charge in [0.25, 0.3) is 0 Å². The van der Waals surface area contributed by atoms with E-state index in [2.05, 4.69) is 15.6 Å². The number of anilines is 1. The largest absolute Gasteiger partial charge is 0.355 e. The van der Waals surface area contributed by atoms with Crippen LogP contribution in [0.1, 0.15) is 24.3 Å². The molecule has 1 saturated carbocycles. The number of amides is 2. The van der Waals surface area contributed by atoms with E-state index in [1.165, 1.54) is 0 Å². The van der Waals surface area contributed by atoms with Crippen LogP contribution in [0.2, 0.25) is 5.02 Å². The summed E-state index contributed by atoms with van der Waals surface area (Å²) < 4.78 is 0. The summed E-state index contributed by atoms with van der Waals surface area (Å²) in [4.78, 5) is 27.8. The van der Waals surface area contributed by atoms with Crippen LogP contribution in [0.15, 0.2) is 48.8 Å². The highest BCUT2D eigenvalue weighted by Gasteiger charge is 2.43. The predicted molar refractivity (Wildman–Crippen MR) is 92.8 cm³/mol. The van der Waals surface area contributed by atoms with Gasteiger partial charge >= 0.3 is 0 Å². The molecule has 3 rings (SSSR count). The molecule has 0 saturated heterocycles. The van der Waals surface area contributed by atoms with Crippen LogP contribution in [-0.2, 0) is 9.59 Å². The molecule has 0 spiro atoms. The number of pyridine rings is 1. The zero-order valence-electron chi connectivity index (χ0n) is 13.0. The van der Waals surface area contributed by atoms with Crippen LogP contribution in [-0.4, -0.2) is 23.3 Å². The highest BCUT2D eigenvalue weighted by Crippen LogP contribution is 2.47. The first kappa shape index (κ1) is 16.5. The topological polar surface area (TPSA) is 71.1 Å². The van der Waals surface area contributed by atoms with Crippen molar-refractivity contribution in [3.63, 3.8) is 0 Å². The minimum atomic E-state index is -0.133. The van der Waals surface area contributed by atoms with Gasteiger partial charge in [0.2, 0.25) is 11.8 Å². The molecule has 0 bridgehead atoms. The van der Waals surface area contributed by atoms with Gasteiger partial charge in [-0.2, -0.15) is 0 Å². The first-order chi connectivity index (χ1) is 11.6. The normalized spacial score (nSPS) is 18.7. The zero-order valence-corrected chi connectivity index (χ0v) is 13.8. The Labute approximate surface area is 145 Å². The molecule has 0 aliphatic heterocycles. The molecule has 2 aromatic rings. The van der Waals surface area contributed by atoms with Crippen LogP contribution in [0.25, 0.3) is 0 Å². The maximum atomic E-state index is 12.1. The Balaban J connectivity index is 1.39. The highest BCUT2D eigenvalue weighted by molar-refractivity contribution is 6.30. The Morgan fingerprint density at radius 3 is 2.54 bits per heavy atom. The number of nitrogens with one attached hydrogen (secondary N) is 2. The molecule has 0 unspecified atom stereocenters. The molecular weight excluding hydrogens is 326 g/mol. The monoisotopic (exact) mass is 343 g/mol. The Hall–Kier alpha value is -2.40. The number of nitrogens with zero attached hydrogens (tertiary/aromatic N) is 1. The molecule has 24 heavy (non-hydrogen) atoms. The van der Waals surface area contributed by atoms with E-state index in [0.29, 0.717) is 17.3 Å². The summed E-state index contributed by atoms with van der Waals surface area (Å²) in [5.74, 6) is 0.126.